The van der Waals surface area contributed by atoms with Crippen molar-refractivity contribution in [2.24, 2.45) is 0 Å². The zero-order valence-corrected chi connectivity index (χ0v) is 11.6. The summed E-state index contributed by atoms with van der Waals surface area (Å²) >= 11 is 0. The van der Waals surface area contributed by atoms with E-state index in [0.717, 1.165) is 4.90 Å². The molecule has 0 atom stereocenters. The molecule has 2 aliphatic heterocycles. The lowest BCUT2D eigenvalue weighted by molar-refractivity contribution is -0.139. The molecule has 0 saturated carbocycles. The molecule has 3 rings (SSSR count). The van der Waals surface area contributed by atoms with Gasteiger partial charge in [-0.3, -0.25) is 14.5 Å². The number of nitrogens with one attached hydrogen (secondary N) is 1. The standard InChI is InChI=1S/C16H17FN2O2/c17-16(6-8-18-9-7-16)11-19-14(20)10-13(15(19)21)12-4-2-1-3-5-12/h1-5,10,18H,6-9,11H2. The number of hydrogen-bond donors (Lipinski definition) is 1. The van der Waals surface area contributed by atoms with Gasteiger partial charge in [-0.15, -0.1) is 0 Å². The highest BCUT2D eigenvalue weighted by molar-refractivity contribution is 6.33. The van der Waals surface area contributed by atoms with Crippen molar-refractivity contribution in [3.05, 3.63) is 42.0 Å². The van der Waals surface area contributed by atoms with Crippen LogP contribution in [0.4, 0.5) is 4.39 Å². The van der Waals surface area contributed by atoms with E-state index in [1.165, 1.54) is 6.08 Å². The maximum atomic E-state index is 14.7. The molecule has 0 bridgehead atoms. The predicted octanol–water partition coefficient (Wildman–Crippen LogP) is 1.53. The molecular formula is C16H17FN2O2. The van der Waals surface area contributed by atoms with Gasteiger partial charge in [0, 0.05) is 6.08 Å². The van der Waals surface area contributed by atoms with Gasteiger partial charge in [0.1, 0.15) is 5.67 Å². The molecule has 1 aromatic rings. The summed E-state index contributed by atoms with van der Waals surface area (Å²) in [5.74, 6) is -0.823. The number of amides is 2. The summed E-state index contributed by atoms with van der Waals surface area (Å²) in [4.78, 5) is 25.5. The summed E-state index contributed by atoms with van der Waals surface area (Å²) in [5, 5.41) is 3.08. The summed E-state index contributed by atoms with van der Waals surface area (Å²) in [6, 6.07) is 9.00. The molecule has 1 saturated heterocycles. The summed E-state index contributed by atoms with van der Waals surface area (Å²) in [5.41, 5.74) is -0.439. The Morgan fingerprint density at radius 1 is 1.14 bits per heavy atom. The monoisotopic (exact) mass is 288 g/mol. The van der Waals surface area contributed by atoms with Gasteiger partial charge in [-0.2, -0.15) is 0 Å². The number of carbonyl (C=O) groups is 2. The Balaban J connectivity index is 1.78. The molecule has 2 amide bonds. The molecule has 110 valence electrons. The van der Waals surface area contributed by atoms with Crippen LogP contribution in [-0.2, 0) is 9.59 Å². The third kappa shape index (κ3) is 2.74. The number of alkyl halides is 1. The Kier molecular flexibility index (Phi) is 3.59. The van der Waals surface area contributed by atoms with Crippen molar-refractivity contribution in [2.75, 3.05) is 19.6 Å². The Morgan fingerprint density at radius 2 is 1.81 bits per heavy atom. The van der Waals surface area contributed by atoms with Gasteiger partial charge in [-0.1, -0.05) is 30.3 Å². The SMILES string of the molecule is O=C1C=C(c2ccccc2)C(=O)N1CC1(F)CCNCC1. The summed E-state index contributed by atoms with van der Waals surface area (Å²) in [6.45, 7) is 0.997. The highest BCUT2D eigenvalue weighted by Gasteiger charge is 2.40. The van der Waals surface area contributed by atoms with Crippen molar-refractivity contribution in [3.63, 3.8) is 0 Å². The molecule has 5 heteroatoms. The highest BCUT2D eigenvalue weighted by atomic mass is 19.1. The van der Waals surface area contributed by atoms with E-state index in [1.54, 1.807) is 24.3 Å². The first-order valence-corrected chi connectivity index (χ1v) is 7.12. The molecule has 2 aliphatic rings. The van der Waals surface area contributed by atoms with E-state index < -0.39 is 17.5 Å². The molecule has 1 fully saturated rings. The first-order chi connectivity index (χ1) is 10.1. The zero-order chi connectivity index (χ0) is 14.9. The third-order valence-electron chi connectivity index (χ3n) is 4.04. The third-order valence-corrected chi connectivity index (χ3v) is 4.04. The van der Waals surface area contributed by atoms with E-state index in [2.05, 4.69) is 5.32 Å². The van der Waals surface area contributed by atoms with E-state index in [1.807, 2.05) is 6.07 Å². The minimum atomic E-state index is -1.48. The summed E-state index contributed by atoms with van der Waals surface area (Å²) < 4.78 is 14.7. The number of carbonyl (C=O) groups excluding carboxylic acids is 2. The van der Waals surface area contributed by atoms with E-state index in [4.69, 9.17) is 0 Å². The van der Waals surface area contributed by atoms with Gasteiger partial charge in [0.15, 0.2) is 0 Å². The summed E-state index contributed by atoms with van der Waals surface area (Å²) in [7, 11) is 0. The van der Waals surface area contributed by atoms with Crippen LogP contribution in [0.15, 0.2) is 36.4 Å². The topological polar surface area (TPSA) is 49.4 Å². The van der Waals surface area contributed by atoms with Gasteiger partial charge in [0.2, 0.25) is 0 Å². The fraction of sp³-hybridized carbons (Fsp3) is 0.375. The van der Waals surface area contributed by atoms with Crippen molar-refractivity contribution in [2.45, 2.75) is 18.5 Å². The minimum absolute atomic E-state index is 0.154. The largest absolute Gasteiger partial charge is 0.316 e. The van der Waals surface area contributed by atoms with E-state index in [9.17, 15) is 14.0 Å². The molecule has 21 heavy (non-hydrogen) atoms. The van der Waals surface area contributed by atoms with E-state index in [-0.39, 0.29) is 6.54 Å². The second kappa shape index (κ2) is 5.41. The van der Waals surface area contributed by atoms with Crippen LogP contribution >= 0.6 is 0 Å². The highest BCUT2D eigenvalue weighted by Crippen LogP contribution is 2.29. The molecule has 1 aromatic carbocycles. The number of benzene rings is 1. The molecular weight excluding hydrogens is 271 g/mol. The van der Waals surface area contributed by atoms with Crippen molar-refractivity contribution < 1.29 is 14.0 Å². The fourth-order valence-corrected chi connectivity index (χ4v) is 2.80. The Morgan fingerprint density at radius 3 is 2.48 bits per heavy atom. The number of halogens is 1. The van der Waals surface area contributed by atoms with Crippen LogP contribution in [0.2, 0.25) is 0 Å². The molecule has 1 N–H and O–H groups in total. The fourth-order valence-electron chi connectivity index (χ4n) is 2.80. The van der Waals surface area contributed by atoms with Crippen molar-refractivity contribution in [3.8, 4) is 0 Å². The lowest BCUT2D eigenvalue weighted by Crippen LogP contribution is -2.48. The summed E-state index contributed by atoms with van der Waals surface area (Å²) in [6.07, 6.45) is 1.96. The molecule has 0 radical (unpaired) electrons. The average Bonchev–Trinajstić information content (AvgIpc) is 2.77. The smallest absolute Gasteiger partial charge is 0.261 e. The van der Waals surface area contributed by atoms with Crippen molar-refractivity contribution >= 4 is 17.4 Å². The first kappa shape index (κ1) is 13.9. The van der Waals surface area contributed by atoms with Crippen molar-refractivity contribution in [1.82, 2.24) is 10.2 Å². The number of hydrogen-bond acceptors (Lipinski definition) is 3. The van der Waals surface area contributed by atoms with Gasteiger partial charge in [-0.05, 0) is 31.5 Å². The molecule has 4 nitrogen and oxygen atoms in total. The molecule has 2 heterocycles. The van der Waals surface area contributed by atoms with Crippen LogP contribution in [0.25, 0.3) is 5.57 Å². The van der Waals surface area contributed by atoms with E-state index >= 15 is 0 Å². The second-order valence-electron chi connectivity index (χ2n) is 5.55. The van der Waals surface area contributed by atoms with Crippen LogP contribution in [-0.4, -0.2) is 42.0 Å². The number of nitrogens with zero attached hydrogens (tertiary/aromatic N) is 1. The first-order valence-electron chi connectivity index (χ1n) is 7.12. The molecule has 0 unspecified atom stereocenters. The van der Waals surface area contributed by atoms with Crippen LogP contribution in [0.3, 0.4) is 0 Å². The minimum Gasteiger partial charge on any atom is -0.316 e. The normalized spacial score (nSPS) is 21.6. The Labute approximate surface area is 122 Å². The van der Waals surface area contributed by atoms with E-state index in [0.29, 0.717) is 37.1 Å². The van der Waals surface area contributed by atoms with Gasteiger partial charge in [0.25, 0.3) is 11.8 Å². The Bertz CT molecular complexity index is 592. The molecule has 0 aromatic heterocycles. The van der Waals surface area contributed by atoms with Crippen molar-refractivity contribution in [1.29, 1.82) is 0 Å². The van der Waals surface area contributed by atoms with Crippen LogP contribution in [0, 0.1) is 0 Å². The van der Waals surface area contributed by atoms with Crippen LogP contribution in [0.5, 0.6) is 0 Å². The lowest BCUT2D eigenvalue weighted by atomic mass is 9.94. The van der Waals surface area contributed by atoms with Crippen LogP contribution < -0.4 is 5.32 Å². The second-order valence-corrected chi connectivity index (χ2v) is 5.55. The number of piperidine rings is 1. The zero-order valence-electron chi connectivity index (χ0n) is 11.6. The Hall–Kier alpha value is -2.01. The molecule has 0 aliphatic carbocycles. The molecule has 0 spiro atoms. The van der Waals surface area contributed by atoms with Gasteiger partial charge >= 0.3 is 0 Å². The van der Waals surface area contributed by atoms with Gasteiger partial charge in [-0.25, -0.2) is 4.39 Å². The quantitative estimate of drug-likeness (QED) is 0.858. The number of imide groups is 1. The average molecular weight is 288 g/mol. The van der Waals surface area contributed by atoms with Crippen LogP contribution in [0.1, 0.15) is 18.4 Å². The van der Waals surface area contributed by atoms with Gasteiger partial charge < -0.3 is 5.32 Å². The maximum Gasteiger partial charge on any atom is 0.261 e. The number of rotatable bonds is 3. The predicted molar refractivity (Wildman–Crippen MR) is 77.1 cm³/mol. The lowest BCUT2D eigenvalue weighted by Gasteiger charge is -2.32. The maximum absolute atomic E-state index is 14.7. The van der Waals surface area contributed by atoms with Gasteiger partial charge in [0.05, 0.1) is 12.1 Å².